The normalized spacial score (nSPS) is 15.3. The van der Waals surface area contributed by atoms with Gasteiger partial charge in [0.1, 0.15) is 0 Å². The van der Waals surface area contributed by atoms with Crippen molar-refractivity contribution in [2.24, 2.45) is 4.99 Å². The second-order valence-corrected chi connectivity index (χ2v) is 4.12. The fourth-order valence-electron chi connectivity index (χ4n) is 1.27. The Morgan fingerprint density at radius 3 is 3.08 bits per heavy atom. The highest BCUT2D eigenvalue weighted by atomic mass is 32.2. The van der Waals surface area contributed by atoms with Gasteiger partial charge in [-0.05, 0) is 24.9 Å². The molecule has 0 bridgehead atoms. The molecule has 3 nitrogen and oxygen atoms in total. The summed E-state index contributed by atoms with van der Waals surface area (Å²) in [6.07, 6.45) is 6.07. The maximum Gasteiger partial charge on any atom is 0.191 e. The molecule has 1 aliphatic rings. The van der Waals surface area contributed by atoms with Crippen LogP contribution in [0.2, 0.25) is 0 Å². The van der Waals surface area contributed by atoms with Crippen LogP contribution in [-0.2, 0) is 0 Å². The Bertz CT molecular complexity index is 159. The molecule has 0 saturated heterocycles. The van der Waals surface area contributed by atoms with Crippen molar-refractivity contribution in [3.05, 3.63) is 0 Å². The summed E-state index contributed by atoms with van der Waals surface area (Å²) < 4.78 is 0. The molecule has 0 atom stereocenters. The van der Waals surface area contributed by atoms with Crippen molar-refractivity contribution in [1.29, 1.82) is 0 Å². The lowest BCUT2D eigenvalue weighted by atomic mass is 10.2. The Morgan fingerprint density at radius 2 is 2.38 bits per heavy atom. The van der Waals surface area contributed by atoms with E-state index in [1.165, 1.54) is 25.0 Å². The van der Waals surface area contributed by atoms with Crippen LogP contribution in [0.1, 0.15) is 19.3 Å². The second kappa shape index (κ2) is 7.06. The van der Waals surface area contributed by atoms with E-state index in [0.717, 1.165) is 25.6 Å². The van der Waals surface area contributed by atoms with Crippen molar-refractivity contribution in [2.75, 3.05) is 31.6 Å². The average Bonchev–Trinajstić information content (AvgIpc) is 2.63. The first-order valence-corrected chi connectivity index (χ1v) is 6.34. The topological polar surface area (TPSA) is 36.4 Å². The van der Waals surface area contributed by atoms with Crippen molar-refractivity contribution in [3.63, 3.8) is 0 Å². The number of nitrogens with zero attached hydrogens (tertiary/aromatic N) is 1. The largest absolute Gasteiger partial charge is 0.356 e. The minimum absolute atomic E-state index is 0.925. The van der Waals surface area contributed by atoms with Crippen LogP contribution in [0.5, 0.6) is 0 Å². The molecule has 1 aliphatic heterocycles. The fraction of sp³-hybridized carbons (Fsp3) is 0.889. The minimum atomic E-state index is 0.925. The van der Waals surface area contributed by atoms with Crippen LogP contribution in [0.25, 0.3) is 0 Å². The number of guanidine groups is 1. The van der Waals surface area contributed by atoms with Crippen LogP contribution in [0.4, 0.5) is 0 Å². The Morgan fingerprint density at radius 1 is 1.46 bits per heavy atom. The molecule has 1 rings (SSSR count). The van der Waals surface area contributed by atoms with Gasteiger partial charge in [-0.1, -0.05) is 6.42 Å². The molecule has 0 aromatic carbocycles. The Hall–Kier alpha value is -0.380. The van der Waals surface area contributed by atoms with E-state index in [2.05, 4.69) is 21.9 Å². The molecular weight excluding hydrogens is 182 g/mol. The van der Waals surface area contributed by atoms with Crippen LogP contribution in [0, 0.1) is 0 Å². The molecule has 0 saturated carbocycles. The van der Waals surface area contributed by atoms with E-state index in [1.807, 2.05) is 11.8 Å². The van der Waals surface area contributed by atoms with Gasteiger partial charge in [-0.15, -0.1) is 0 Å². The SMILES string of the molecule is CSCCCCCNC1=NCCN1. The molecule has 0 aromatic heterocycles. The highest BCUT2D eigenvalue weighted by molar-refractivity contribution is 7.98. The Labute approximate surface area is 84.8 Å². The first-order valence-electron chi connectivity index (χ1n) is 4.94. The van der Waals surface area contributed by atoms with Crippen molar-refractivity contribution in [3.8, 4) is 0 Å². The quantitative estimate of drug-likeness (QED) is 0.631. The first kappa shape index (κ1) is 10.7. The third kappa shape index (κ3) is 5.03. The highest BCUT2D eigenvalue weighted by Gasteiger charge is 2.01. The lowest BCUT2D eigenvalue weighted by molar-refractivity contribution is 0.694. The maximum absolute atomic E-state index is 4.26. The number of unbranched alkanes of at least 4 members (excludes halogenated alkanes) is 2. The second-order valence-electron chi connectivity index (χ2n) is 3.14. The van der Waals surface area contributed by atoms with Gasteiger partial charge in [-0.2, -0.15) is 11.8 Å². The van der Waals surface area contributed by atoms with E-state index in [-0.39, 0.29) is 0 Å². The van der Waals surface area contributed by atoms with Crippen molar-refractivity contribution < 1.29 is 0 Å². The van der Waals surface area contributed by atoms with E-state index in [4.69, 9.17) is 0 Å². The van der Waals surface area contributed by atoms with E-state index in [9.17, 15) is 0 Å². The fourth-order valence-corrected chi connectivity index (χ4v) is 1.76. The summed E-state index contributed by atoms with van der Waals surface area (Å²) >= 11 is 1.93. The van der Waals surface area contributed by atoms with Gasteiger partial charge in [0.25, 0.3) is 0 Å². The maximum atomic E-state index is 4.26. The van der Waals surface area contributed by atoms with E-state index < -0.39 is 0 Å². The molecule has 0 unspecified atom stereocenters. The molecule has 0 fully saturated rings. The predicted molar refractivity (Wildman–Crippen MR) is 60.5 cm³/mol. The number of hydrogen-bond acceptors (Lipinski definition) is 4. The third-order valence-corrected chi connectivity index (χ3v) is 2.69. The lowest BCUT2D eigenvalue weighted by Gasteiger charge is -2.05. The van der Waals surface area contributed by atoms with Crippen LogP contribution in [0.15, 0.2) is 4.99 Å². The number of aliphatic imine (C=N–C) groups is 1. The van der Waals surface area contributed by atoms with Crippen LogP contribution in [0.3, 0.4) is 0 Å². The molecule has 0 spiro atoms. The predicted octanol–water partition coefficient (Wildman–Crippen LogP) is 1.07. The molecule has 0 aliphatic carbocycles. The van der Waals surface area contributed by atoms with E-state index in [1.54, 1.807) is 0 Å². The van der Waals surface area contributed by atoms with Gasteiger partial charge < -0.3 is 10.6 Å². The van der Waals surface area contributed by atoms with E-state index >= 15 is 0 Å². The van der Waals surface area contributed by atoms with Crippen molar-refractivity contribution >= 4 is 17.7 Å². The number of rotatable bonds is 6. The first-order chi connectivity index (χ1) is 6.43. The zero-order valence-corrected chi connectivity index (χ0v) is 9.12. The molecule has 0 amide bonds. The van der Waals surface area contributed by atoms with Crippen LogP contribution < -0.4 is 10.6 Å². The van der Waals surface area contributed by atoms with Gasteiger partial charge >= 0.3 is 0 Å². The summed E-state index contributed by atoms with van der Waals surface area (Å²) in [5.74, 6) is 2.28. The smallest absolute Gasteiger partial charge is 0.191 e. The minimum Gasteiger partial charge on any atom is -0.356 e. The van der Waals surface area contributed by atoms with Crippen LogP contribution in [-0.4, -0.2) is 37.6 Å². The number of hydrogen-bond donors (Lipinski definition) is 2. The molecule has 13 heavy (non-hydrogen) atoms. The van der Waals surface area contributed by atoms with Gasteiger partial charge in [0.05, 0.1) is 6.54 Å². The summed E-state index contributed by atoms with van der Waals surface area (Å²) in [5, 5.41) is 6.48. The standard InChI is InChI=1S/C9H19N3S/c1-13-8-4-2-3-5-10-9-11-6-7-12-9/h2-8H2,1H3,(H2,10,11,12). The van der Waals surface area contributed by atoms with Gasteiger partial charge in [-0.25, -0.2) is 0 Å². The average molecular weight is 201 g/mol. The molecule has 0 aromatic rings. The molecule has 1 heterocycles. The summed E-state index contributed by atoms with van der Waals surface area (Å²) in [5.41, 5.74) is 0. The summed E-state index contributed by atoms with van der Waals surface area (Å²) in [7, 11) is 0. The molecular formula is C9H19N3S. The zero-order valence-electron chi connectivity index (χ0n) is 8.31. The zero-order chi connectivity index (χ0) is 9.36. The summed E-state index contributed by atoms with van der Waals surface area (Å²) in [6.45, 7) is 2.98. The van der Waals surface area contributed by atoms with Crippen molar-refractivity contribution in [2.45, 2.75) is 19.3 Å². The number of nitrogens with one attached hydrogen (secondary N) is 2. The van der Waals surface area contributed by atoms with Gasteiger partial charge in [0.15, 0.2) is 5.96 Å². The molecule has 76 valence electrons. The third-order valence-electron chi connectivity index (χ3n) is 1.99. The molecule has 4 heteroatoms. The van der Waals surface area contributed by atoms with Gasteiger partial charge in [-0.3, -0.25) is 4.99 Å². The summed E-state index contributed by atoms with van der Waals surface area (Å²) in [6, 6.07) is 0. The van der Waals surface area contributed by atoms with Crippen LogP contribution >= 0.6 is 11.8 Å². The lowest BCUT2D eigenvalue weighted by Crippen LogP contribution is -2.34. The summed E-state index contributed by atoms with van der Waals surface area (Å²) in [4.78, 5) is 4.26. The Kier molecular flexibility index (Phi) is 5.81. The monoisotopic (exact) mass is 201 g/mol. The van der Waals surface area contributed by atoms with Gasteiger partial charge in [0.2, 0.25) is 0 Å². The van der Waals surface area contributed by atoms with Crippen molar-refractivity contribution in [1.82, 2.24) is 10.6 Å². The highest BCUT2D eigenvalue weighted by Crippen LogP contribution is 2.01. The van der Waals surface area contributed by atoms with E-state index in [0.29, 0.717) is 0 Å². The van der Waals surface area contributed by atoms with Gasteiger partial charge in [0, 0.05) is 13.1 Å². The molecule has 0 radical (unpaired) electrons. The molecule has 2 N–H and O–H groups in total. The Balaban J connectivity index is 1.83. The number of thioether (sulfide) groups is 1.